The highest BCUT2D eigenvalue weighted by molar-refractivity contribution is 5.81. The topological polar surface area (TPSA) is 36.0 Å². The molecule has 17 heavy (non-hydrogen) atoms. The van der Waals surface area contributed by atoms with E-state index >= 15 is 0 Å². The predicted octanol–water partition coefficient (Wildman–Crippen LogP) is -0.519. The number of carbonyl (C=O) groups is 1. The molecule has 1 amide bonds. The molecule has 0 saturated carbocycles. The Kier molecular flexibility index (Phi) is 4.36. The van der Waals surface area contributed by atoms with Crippen LogP contribution in [0.3, 0.4) is 0 Å². The third kappa shape index (κ3) is 3.18. The van der Waals surface area contributed by atoms with Gasteiger partial charge in [0.05, 0.1) is 6.61 Å². The Morgan fingerprint density at radius 3 is 2.59 bits per heavy atom. The second-order valence-electron chi connectivity index (χ2n) is 4.88. The van der Waals surface area contributed by atoms with Crippen LogP contribution in [-0.4, -0.2) is 86.2 Å². The number of likely N-dealkylation sites (N-methyl/N-ethyl adjacent to an activating group) is 2. The second kappa shape index (κ2) is 5.80. The first-order valence-electron chi connectivity index (χ1n) is 6.52. The van der Waals surface area contributed by atoms with Gasteiger partial charge in [-0.1, -0.05) is 6.92 Å². The van der Waals surface area contributed by atoms with Crippen molar-refractivity contribution in [1.29, 1.82) is 0 Å². The van der Waals surface area contributed by atoms with E-state index < -0.39 is 0 Å². The molecule has 0 N–H and O–H groups in total. The lowest BCUT2D eigenvalue weighted by atomic mass is 10.2. The van der Waals surface area contributed by atoms with Gasteiger partial charge in [-0.3, -0.25) is 9.69 Å². The molecule has 2 fully saturated rings. The van der Waals surface area contributed by atoms with Crippen molar-refractivity contribution >= 4 is 5.91 Å². The number of morpholine rings is 1. The second-order valence-corrected chi connectivity index (χ2v) is 4.88. The number of hydrogen-bond acceptors (Lipinski definition) is 4. The number of ether oxygens (including phenoxy) is 1. The molecule has 0 aromatic carbocycles. The Morgan fingerprint density at radius 1 is 1.24 bits per heavy atom. The molecule has 0 bridgehead atoms. The van der Waals surface area contributed by atoms with Crippen molar-refractivity contribution in [1.82, 2.24) is 14.7 Å². The van der Waals surface area contributed by atoms with Crippen molar-refractivity contribution in [3.8, 4) is 0 Å². The number of rotatable bonds is 2. The maximum atomic E-state index is 12.3. The molecule has 2 aliphatic heterocycles. The van der Waals surface area contributed by atoms with Crippen molar-refractivity contribution < 1.29 is 9.53 Å². The number of piperazine rings is 1. The van der Waals surface area contributed by atoms with Crippen LogP contribution in [-0.2, 0) is 9.53 Å². The number of nitrogens with zero attached hydrogens (tertiary/aromatic N) is 3. The van der Waals surface area contributed by atoms with E-state index in [1.54, 1.807) is 0 Å². The number of carbonyl (C=O) groups excluding carboxylic acids is 1. The van der Waals surface area contributed by atoms with Gasteiger partial charge in [0.2, 0.25) is 0 Å². The Bertz CT molecular complexity index is 264. The van der Waals surface area contributed by atoms with E-state index in [0.29, 0.717) is 6.61 Å². The number of hydrogen-bond donors (Lipinski definition) is 0. The predicted molar refractivity (Wildman–Crippen MR) is 65.9 cm³/mol. The van der Waals surface area contributed by atoms with Gasteiger partial charge in [0, 0.05) is 39.3 Å². The van der Waals surface area contributed by atoms with Gasteiger partial charge < -0.3 is 14.5 Å². The Balaban J connectivity index is 1.86. The molecular weight excluding hydrogens is 218 g/mol. The fourth-order valence-electron chi connectivity index (χ4n) is 2.37. The Hall–Kier alpha value is -0.650. The van der Waals surface area contributed by atoms with Gasteiger partial charge in [0.1, 0.15) is 6.10 Å². The fourth-order valence-corrected chi connectivity index (χ4v) is 2.37. The normalized spacial score (nSPS) is 28.4. The summed E-state index contributed by atoms with van der Waals surface area (Å²) in [5, 5.41) is 0. The molecule has 0 spiro atoms. The molecule has 0 aromatic heterocycles. The van der Waals surface area contributed by atoms with Crippen molar-refractivity contribution in [2.75, 3.05) is 59.5 Å². The van der Waals surface area contributed by atoms with Crippen LogP contribution in [0.1, 0.15) is 6.92 Å². The van der Waals surface area contributed by atoms with Gasteiger partial charge in [-0.25, -0.2) is 0 Å². The molecule has 2 saturated heterocycles. The van der Waals surface area contributed by atoms with Gasteiger partial charge in [0.25, 0.3) is 5.91 Å². The standard InChI is InChI=1S/C12H23N3O2/c1-3-14-8-9-17-11(10-14)12(16)15-6-4-13(2)5-7-15/h11H,3-10H2,1-2H3. The summed E-state index contributed by atoms with van der Waals surface area (Å²) in [7, 11) is 2.09. The van der Waals surface area contributed by atoms with E-state index in [1.807, 2.05) is 4.90 Å². The van der Waals surface area contributed by atoms with Gasteiger partial charge in [-0.15, -0.1) is 0 Å². The highest BCUT2D eigenvalue weighted by Crippen LogP contribution is 2.10. The maximum Gasteiger partial charge on any atom is 0.253 e. The minimum Gasteiger partial charge on any atom is -0.366 e. The van der Waals surface area contributed by atoms with Crippen molar-refractivity contribution in [3.63, 3.8) is 0 Å². The largest absolute Gasteiger partial charge is 0.366 e. The molecule has 98 valence electrons. The molecule has 2 aliphatic rings. The molecule has 5 heteroatoms. The SMILES string of the molecule is CCN1CCOC(C(=O)N2CCN(C)CC2)C1. The van der Waals surface area contributed by atoms with Crippen LogP contribution in [0.15, 0.2) is 0 Å². The van der Waals surface area contributed by atoms with Crippen LogP contribution in [0, 0.1) is 0 Å². The van der Waals surface area contributed by atoms with Crippen LogP contribution in [0.25, 0.3) is 0 Å². The molecule has 5 nitrogen and oxygen atoms in total. The van der Waals surface area contributed by atoms with Gasteiger partial charge in [-0.2, -0.15) is 0 Å². The van der Waals surface area contributed by atoms with Crippen LogP contribution in [0.5, 0.6) is 0 Å². The Labute approximate surface area is 103 Å². The van der Waals surface area contributed by atoms with Crippen LogP contribution >= 0.6 is 0 Å². The summed E-state index contributed by atoms with van der Waals surface area (Å²) in [6.45, 7) is 9.11. The van der Waals surface area contributed by atoms with Crippen molar-refractivity contribution in [2.24, 2.45) is 0 Å². The number of amides is 1. The van der Waals surface area contributed by atoms with Gasteiger partial charge in [0.15, 0.2) is 0 Å². The molecule has 2 heterocycles. The molecule has 1 atom stereocenters. The Morgan fingerprint density at radius 2 is 1.94 bits per heavy atom. The lowest BCUT2D eigenvalue weighted by Gasteiger charge is -2.37. The molecule has 0 aromatic rings. The highest BCUT2D eigenvalue weighted by atomic mass is 16.5. The van der Waals surface area contributed by atoms with E-state index in [4.69, 9.17) is 4.74 Å². The smallest absolute Gasteiger partial charge is 0.253 e. The lowest BCUT2D eigenvalue weighted by Crippen LogP contribution is -2.55. The first kappa shape index (κ1) is 12.8. The average molecular weight is 241 g/mol. The zero-order valence-corrected chi connectivity index (χ0v) is 10.9. The molecule has 0 aliphatic carbocycles. The average Bonchev–Trinajstić information content (AvgIpc) is 2.39. The highest BCUT2D eigenvalue weighted by Gasteiger charge is 2.30. The van der Waals surface area contributed by atoms with Crippen molar-refractivity contribution in [2.45, 2.75) is 13.0 Å². The van der Waals surface area contributed by atoms with Gasteiger partial charge >= 0.3 is 0 Å². The zero-order chi connectivity index (χ0) is 12.3. The summed E-state index contributed by atoms with van der Waals surface area (Å²) in [6, 6.07) is 0. The quantitative estimate of drug-likeness (QED) is 0.652. The monoisotopic (exact) mass is 241 g/mol. The minimum absolute atomic E-state index is 0.177. The fraction of sp³-hybridized carbons (Fsp3) is 0.917. The summed E-state index contributed by atoms with van der Waals surface area (Å²) < 4.78 is 5.61. The third-order valence-corrected chi connectivity index (χ3v) is 3.69. The van der Waals surface area contributed by atoms with Crippen LogP contribution < -0.4 is 0 Å². The molecule has 2 rings (SSSR count). The molecular formula is C12H23N3O2. The van der Waals surface area contributed by atoms with E-state index in [0.717, 1.165) is 45.8 Å². The first-order chi connectivity index (χ1) is 8.20. The summed E-state index contributed by atoms with van der Waals surface area (Å²) in [6.07, 6.45) is -0.243. The van der Waals surface area contributed by atoms with E-state index in [9.17, 15) is 4.79 Å². The zero-order valence-electron chi connectivity index (χ0n) is 10.9. The van der Waals surface area contributed by atoms with E-state index in [2.05, 4.69) is 23.8 Å². The summed E-state index contributed by atoms with van der Waals surface area (Å²) in [5.41, 5.74) is 0. The summed E-state index contributed by atoms with van der Waals surface area (Å²) >= 11 is 0. The lowest BCUT2D eigenvalue weighted by molar-refractivity contribution is -0.150. The van der Waals surface area contributed by atoms with E-state index in [-0.39, 0.29) is 12.0 Å². The molecule has 1 unspecified atom stereocenters. The first-order valence-corrected chi connectivity index (χ1v) is 6.52. The van der Waals surface area contributed by atoms with Crippen LogP contribution in [0.4, 0.5) is 0 Å². The van der Waals surface area contributed by atoms with Crippen molar-refractivity contribution in [3.05, 3.63) is 0 Å². The van der Waals surface area contributed by atoms with Crippen LogP contribution in [0.2, 0.25) is 0 Å². The third-order valence-electron chi connectivity index (χ3n) is 3.69. The maximum absolute atomic E-state index is 12.3. The minimum atomic E-state index is -0.243. The van der Waals surface area contributed by atoms with Gasteiger partial charge in [-0.05, 0) is 13.6 Å². The summed E-state index contributed by atoms with van der Waals surface area (Å²) in [5.74, 6) is 0.177. The molecule has 0 radical (unpaired) electrons. The summed E-state index contributed by atoms with van der Waals surface area (Å²) in [4.78, 5) is 18.8. The van der Waals surface area contributed by atoms with E-state index in [1.165, 1.54) is 0 Å².